The summed E-state index contributed by atoms with van der Waals surface area (Å²) in [4.78, 5) is 15.2. The van der Waals surface area contributed by atoms with E-state index in [4.69, 9.17) is 16.3 Å². The molecule has 0 aliphatic rings. The van der Waals surface area contributed by atoms with Gasteiger partial charge in [0.1, 0.15) is 5.82 Å². The van der Waals surface area contributed by atoms with E-state index in [0.717, 1.165) is 12.1 Å². The first-order valence-corrected chi connectivity index (χ1v) is 6.15. The number of hydrogen-bond donors (Lipinski definition) is 2. The molecule has 8 heteroatoms. The molecular formula is C13H10ClF2N3O2. The van der Waals surface area contributed by atoms with Crippen molar-refractivity contribution in [1.82, 2.24) is 10.3 Å². The lowest BCUT2D eigenvalue weighted by Crippen LogP contribution is -2.22. The Labute approximate surface area is 123 Å². The Morgan fingerprint density at radius 2 is 2.05 bits per heavy atom. The quantitative estimate of drug-likeness (QED) is 0.910. The SMILES string of the molecule is CNC(=O)Oc1cc(F)c(F)cc1Nc1ncccc1Cl. The third kappa shape index (κ3) is 3.57. The lowest BCUT2D eigenvalue weighted by Gasteiger charge is -2.12. The fourth-order valence-corrected chi connectivity index (χ4v) is 1.64. The molecular weight excluding hydrogens is 304 g/mol. The van der Waals surface area contributed by atoms with E-state index in [9.17, 15) is 13.6 Å². The molecule has 5 nitrogen and oxygen atoms in total. The minimum atomic E-state index is -1.15. The molecule has 1 heterocycles. The van der Waals surface area contributed by atoms with E-state index >= 15 is 0 Å². The first-order valence-electron chi connectivity index (χ1n) is 5.77. The zero-order chi connectivity index (χ0) is 15.4. The Kier molecular flexibility index (Phi) is 4.54. The van der Waals surface area contributed by atoms with Crippen molar-refractivity contribution in [2.45, 2.75) is 0 Å². The van der Waals surface area contributed by atoms with Crippen molar-refractivity contribution in [3.8, 4) is 5.75 Å². The van der Waals surface area contributed by atoms with E-state index < -0.39 is 17.7 Å². The summed E-state index contributed by atoms with van der Waals surface area (Å²) in [6, 6.07) is 4.78. The van der Waals surface area contributed by atoms with Gasteiger partial charge in [0.2, 0.25) is 0 Å². The van der Waals surface area contributed by atoms with Gasteiger partial charge in [0, 0.05) is 25.4 Å². The van der Waals surface area contributed by atoms with Crippen molar-refractivity contribution in [3.63, 3.8) is 0 Å². The number of benzene rings is 1. The summed E-state index contributed by atoms with van der Waals surface area (Å²) < 4.78 is 31.5. The second-order valence-electron chi connectivity index (χ2n) is 3.86. The van der Waals surface area contributed by atoms with Crippen LogP contribution >= 0.6 is 11.6 Å². The van der Waals surface area contributed by atoms with Gasteiger partial charge in [-0.25, -0.2) is 18.6 Å². The van der Waals surface area contributed by atoms with E-state index in [2.05, 4.69) is 15.6 Å². The molecule has 1 aromatic carbocycles. The zero-order valence-corrected chi connectivity index (χ0v) is 11.5. The molecule has 0 unspecified atom stereocenters. The Hall–Kier alpha value is -2.41. The van der Waals surface area contributed by atoms with E-state index in [-0.39, 0.29) is 22.3 Å². The Bertz CT molecular complexity index is 682. The lowest BCUT2D eigenvalue weighted by molar-refractivity contribution is 0.203. The molecule has 0 fully saturated rings. The van der Waals surface area contributed by atoms with Crippen LogP contribution in [0.1, 0.15) is 0 Å². The number of rotatable bonds is 3. The van der Waals surface area contributed by atoms with Crippen LogP contribution in [0.5, 0.6) is 5.75 Å². The monoisotopic (exact) mass is 313 g/mol. The Morgan fingerprint density at radius 1 is 1.33 bits per heavy atom. The fraction of sp³-hybridized carbons (Fsp3) is 0.0769. The highest BCUT2D eigenvalue weighted by molar-refractivity contribution is 6.33. The Morgan fingerprint density at radius 3 is 2.71 bits per heavy atom. The van der Waals surface area contributed by atoms with Crippen LogP contribution in [0.3, 0.4) is 0 Å². The van der Waals surface area contributed by atoms with Crippen LogP contribution in [0.25, 0.3) is 0 Å². The fourth-order valence-electron chi connectivity index (χ4n) is 1.47. The van der Waals surface area contributed by atoms with Crippen molar-refractivity contribution in [2.24, 2.45) is 0 Å². The van der Waals surface area contributed by atoms with Gasteiger partial charge in [-0.15, -0.1) is 0 Å². The number of hydrogen-bond acceptors (Lipinski definition) is 4. The molecule has 2 aromatic rings. The Balaban J connectivity index is 2.39. The third-order valence-corrected chi connectivity index (χ3v) is 2.75. The molecule has 110 valence electrons. The maximum Gasteiger partial charge on any atom is 0.412 e. The molecule has 0 aliphatic heterocycles. The van der Waals surface area contributed by atoms with Gasteiger partial charge >= 0.3 is 6.09 Å². The number of carbonyl (C=O) groups is 1. The molecule has 2 rings (SSSR count). The van der Waals surface area contributed by atoms with Gasteiger partial charge in [-0.05, 0) is 12.1 Å². The van der Waals surface area contributed by atoms with Gasteiger partial charge in [-0.2, -0.15) is 0 Å². The normalized spacial score (nSPS) is 10.1. The van der Waals surface area contributed by atoms with Crippen molar-refractivity contribution < 1.29 is 18.3 Å². The standard InChI is InChI=1S/C13H10ClF2N3O2/c1-17-13(20)21-11-6-9(16)8(15)5-10(11)19-12-7(14)3-2-4-18-12/h2-6H,1H3,(H,17,20)(H,18,19). The first-order chi connectivity index (χ1) is 10.0. The van der Waals surface area contributed by atoms with E-state index in [1.54, 1.807) is 12.1 Å². The van der Waals surface area contributed by atoms with Gasteiger partial charge in [0.15, 0.2) is 17.4 Å². The summed E-state index contributed by atoms with van der Waals surface area (Å²) in [5.74, 6) is -2.23. The number of amides is 1. The van der Waals surface area contributed by atoms with E-state index in [0.29, 0.717) is 0 Å². The molecule has 1 amide bonds. The topological polar surface area (TPSA) is 63.2 Å². The van der Waals surface area contributed by atoms with Crippen LogP contribution < -0.4 is 15.4 Å². The number of ether oxygens (including phenoxy) is 1. The highest BCUT2D eigenvalue weighted by atomic mass is 35.5. The van der Waals surface area contributed by atoms with Crippen LogP contribution in [-0.4, -0.2) is 18.1 Å². The number of anilines is 2. The second-order valence-corrected chi connectivity index (χ2v) is 4.27. The summed E-state index contributed by atoms with van der Waals surface area (Å²) in [6.07, 6.45) is 0.643. The molecule has 0 saturated carbocycles. The van der Waals surface area contributed by atoms with Crippen molar-refractivity contribution in [2.75, 3.05) is 12.4 Å². The molecule has 2 N–H and O–H groups in total. The lowest BCUT2D eigenvalue weighted by atomic mass is 10.2. The summed E-state index contributed by atoms with van der Waals surface area (Å²) in [5, 5.41) is 5.16. The highest BCUT2D eigenvalue weighted by Gasteiger charge is 2.15. The average Bonchev–Trinajstić information content (AvgIpc) is 2.46. The second kappa shape index (κ2) is 6.36. The number of aromatic nitrogens is 1. The number of halogens is 3. The van der Waals surface area contributed by atoms with Crippen LogP contribution in [-0.2, 0) is 0 Å². The minimum absolute atomic E-state index is 0.0121. The smallest absolute Gasteiger partial charge is 0.408 e. The van der Waals surface area contributed by atoms with E-state index in [1.807, 2.05) is 0 Å². The van der Waals surface area contributed by atoms with Gasteiger partial charge in [-0.1, -0.05) is 11.6 Å². The van der Waals surface area contributed by atoms with Crippen LogP contribution in [0.2, 0.25) is 5.02 Å². The highest BCUT2D eigenvalue weighted by Crippen LogP contribution is 2.31. The maximum absolute atomic E-state index is 13.4. The predicted octanol–water partition coefficient (Wildman–Crippen LogP) is 3.48. The van der Waals surface area contributed by atoms with Gasteiger partial charge in [0.25, 0.3) is 0 Å². The van der Waals surface area contributed by atoms with E-state index in [1.165, 1.54) is 13.2 Å². The van der Waals surface area contributed by atoms with Crippen molar-refractivity contribution >= 4 is 29.2 Å². The molecule has 0 bridgehead atoms. The number of carbonyl (C=O) groups excluding carboxylic acids is 1. The molecule has 21 heavy (non-hydrogen) atoms. The predicted molar refractivity (Wildman–Crippen MR) is 74.0 cm³/mol. The van der Waals surface area contributed by atoms with Gasteiger partial charge in [0.05, 0.1) is 10.7 Å². The third-order valence-electron chi connectivity index (χ3n) is 2.44. The van der Waals surface area contributed by atoms with Gasteiger partial charge < -0.3 is 15.4 Å². The van der Waals surface area contributed by atoms with Crippen molar-refractivity contribution in [1.29, 1.82) is 0 Å². The largest absolute Gasteiger partial charge is 0.412 e. The molecule has 0 radical (unpaired) electrons. The van der Waals surface area contributed by atoms with Crippen LogP contribution in [0.15, 0.2) is 30.5 Å². The average molecular weight is 314 g/mol. The number of pyridine rings is 1. The number of nitrogens with one attached hydrogen (secondary N) is 2. The summed E-state index contributed by atoms with van der Waals surface area (Å²) >= 11 is 5.92. The van der Waals surface area contributed by atoms with Crippen LogP contribution in [0, 0.1) is 11.6 Å². The van der Waals surface area contributed by atoms with Crippen molar-refractivity contribution in [3.05, 3.63) is 47.1 Å². The molecule has 0 saturated heterocycles. The molecule has 0 atom stereocenters. The van der Waals surface area contributed by atoms with Crippen LogP contribution in [0.4, 0.5) is 25.1 Å². The molecule has 0 spiro atoms. The zero-order valence-electron chi connectivity index (χ0n) is 10.8. The maximum atomic E-state index is 13.4. The first kappa shape index (κ1) is 15.0. The minimum Gasteiger partial charge on any atom is -0.408 e. The summed E-state index contributed by atoms with van der Waals surface area (Å²) in [6.45, 7) is 0. The van der Waals surface area contributed by atoms with Gasteiger partial charge in [-0.3, -0.25) is 0 Å². The molecule has 0 aliphatic carbocycles. The summed E-state index contributed by atoms with van der Waals surface area (Å²) in [7, 11) is 1.34. The summed E-state index contributed by atoms with van der Waals surface area (Å²) in [5.41, 5.74) is 0.0121. The molecule has 1 aromatic heterocycles. The number of nitrogens with zero attached hydrogens (tertiary/aromatic N) is 1.